The highest BCUT2D eigenvalue weighted by molar-refractivity contribution is 5.65. The van der Waals surface area contributed by atoms with Gasteiger partial charge in [0.25, 0.3) is 0 Å². The number of nitrogens with zero attached hydrogens (tertiary/aromatic N) is 1. The van der Waals surface area contributed by atoms with Crippen LogP contribution in [0.4, 0.5) is 4.79 Å². The Morgan fingerprint density at radius 3 is 2.60 bits per heavy atom. The maximum atomic E-state index is 10.4. The molecule has 0 spiro atoms. The van der Waals surface area contributed by atoms with Gasteiger partial charge < -0.3 is 10.8 Å². The minimum Gasteiger partial charge on any atom is -0.465 e. The summed E-state index contributed by atoms with van der Waals surface area (Å²) in [6.07, 6.45) is -0.406. The lowest BCUT2D eigenvalue weighted by Gasteiger charge is -2.16. The van der Waals surface area contributed by atoms with Gasteiger partial charge in [0.2, 0.25) is 0 Å². The average molecular weight is 144 g/mol. The van der Waals surface area contributed by atoms with Gasteiger partial charge in [-0.15, -0.1) is 0 Å². The van der Waals surface area contributed by atoms with Crippen LogP contribution in [-0.4, -0.2) is 28.8 Å². The number of rotatable bonds is 0. The summed E-state index contributed by atoms with van der Waals surface area (Å²) in [5, 5.41) is 8.55. The smallest absolute Gasteiger partial charge is 0.408 e. The zero-order valence-electron chi connectivity index (χ0n) is 5.95. The number of hydrogen-bond donors (Lipinski definition) is 2. The van der Waals surface area contributed by atoms with Crippen LogP contribution in [0.5, 0.6) is 0 Å². The maximum Gasteiger partial charge on any atom is 0.408 e. The van der Waals surface area contributed by atoms with Crippen molar-refractivity contribution in [2.75, 3.05) is 6.54 Å². The first kappa shape index (κ1) is 7.34. The molecule has 1 saturated heterocycles. The SMILES string of the molecule is CC1CC(N)N(C(=O)O)C1. The van der Waals surface area contributed by atoms with E-state index in [1.54, 1.807) is 0 Å². The molecule has 1 heterocycles. The Kier molecular flexibility index (Phi) is 1.80. The summed E-state index contributed by atoms with van der Waals surface area (Å²) in [4.78, 5) is 11.7. The molecule has 4 nitrogen and oxygen atoms in total. The van der Waals surface area contributed by atoms with E-state index in [0.29, 0.717) is 12.5 Å². The fourth-order valence-electron chi connectivity index (χ4n) is 1.31. The molecule has 1 aliphatic rings. The molecule has 10 heavy (non-hydrogen) atoms. The minimum atomic E-state index is -0.906. The molecule has 0 aliphatic carbocycles. The molecule has 3 N–H and O–H groups in total. The molecule has 4 heteroatoms. The Hall–Kier alpha value is -0.770. The van der Waals surface area contributed by atoms with E-state index >= 15 is 0 Å². The van der Waals surface area contributed by atoms with Crippen LogP contribution >= 0.6 is 0 Å². The quantitative estimate of drug-likeness (QED) is 0.513. The van der Waals surface area contributed by atoms with Crippen molar-refractivity contribution in [2.45, 2.75) is 19.5 Å². The lowest BCUT2D eigenvalue weighted by atomic mass is 10.1. The molecule has 1 amide bonds. The second-order valence-electron chi connectivity index (χ2n) is 2.84. The summed E-state index contributed by atoms with van der Waals surface area (Å²) >= 11 is 0. The number of amides is 1. The molecule has 0 aromatic rings. The molecule has 0 saturated carbocycles. The summed E-state index contributed by atoms with van der Waals surface area (Å²) in [7, 11) is 0. The summed E-state index contributed by atoms with van der Waals surface area (Å²) in [6.45, 7) is 2.58. The van der Waals surface area contributed by atoms with Crippen LogP contribution in [0.2, 0.25) is 0 Å². The molecule has 0 bridgehead atoms. The molecule has 2 unspecified atom stereocenters. The molecule has 2 atom stereocenters. The summed E-state index contributed by atoms with van der Waals surface area (Å²) in [5.41, 5.74) is 5.52. The van der Waals surface area contributed by atoms with E-state index in [4.69, 9.17) is 10.8 Å². The number of likely N-dealkylation sites (tertiary alicyclic amines) is 1. The number of carboxylic acid groups (broad SMARTS) is 1. The van der Waals surface area contributed by atoms with Crippen molar-refractivity contribution in [3.8, 4) is 0 Å². The molecular formula is C6H12N2O2. The van der Waals surface area contributed by atoms with Gasteiger partial charge in [-0.25, -0.2) is 4.79 Å². The van der Waals surface area contributed by atoms with E-state index in [9.17, 15) is 4.79 Å². The second-order valence-corrected chi connectivity index (χ2v) is 2.84. The van der Waals surface area contributed by atoms with Gasteiger partial charge in [0.15, 0.2) is 0 Å². The molecule has 1 aliphatic heterocycles. The molecule has 0 radical (unpaired) electrons. The third-order valence-corrected chi connectivity index (χ3v) is 1.80. The Bertz CT molecular complexity index is 149. The Balaban J connectivity index is 2.54. The third-order valence-electron chi connectivity index (χ3n) is 1.80. The third kappa shape index (κ3) is 1.21. The summed E-state index contributed by atoms with van der Waals surface area (Å²) in [5.74, 6) is 0.408. The maximum absolute atomic E-state index is 10.4. The fraction of sp³-hybridized carbons (Fsp3) is 0.833. The largest absolute Gasteiger partial charge is 0.465 e. The Morgan fingerprint density at radius 2 is 2.40 bits per heavy atom. The van der Waals surface area contributed by atoms with Crippen molar-refractivity contribution < 1.29 is 9.90 Å². The topological polar surface area (TPSA) is 66.6 Å². The van der Waals surface area contributed by atoms with Crippen LogP contribution in [0, 0.1) is 5.92 Å². The summed E-state index contributed by atoms with van der Waals surface area (Å²) in [6, 6.07) is 0. The van der Waals surface area contributed by atoms with E-state index in [-0.39, 0.29) is 6.17 Å². The predicted octanol–water partition coefficient (Wildman–Crippen LogP) is 0.291. The number of carbonyl (C=O) groups is 1. The van der Waals surface area contributed by atoms with Crippen LogP contribution in [0.1, 0.15) is 13.3 Å². The minimum absolute atomic E-state index is 0.285. The highest BCUT2D eigenvalue weighted by atomic mass is 16.4. The Labute approximate surface area is 59.6 Å². The van der Waals surface area contributed by atoms with Gasteiger partial charge in [-0.2, -0.15) is 0 Å². The highest BCUT2D eigenvalue weighted by Gasteiger charge is 2.29. The highest BCUT2D eigenvalue weighted by Crippen LogP contribution is 2.18. The van der Waals surface area contributed by atoms with Gasteiger partial charge in [0, 0.05) is 6.54 Å². The van der Waals surface area contributed by atoms with Gasteiger partial charge in [-0.1, -0.05) is 6.92 Å². The fourth-order valence-corrected chi connectivity index (χ4v) is 1.31. The predicted molar refractivity (Wildman–Crippen MR) is 36.5 cm³/mol. The molecule has 58 valence electrons. The van der Waals surface area contributed by atoms with Crippen LogP contribution in [0.15, 0.2) is 0 Å². The van der Waals surface area contributed by atoms with Crippen LogP contribution < -0.4 is 5.73 Å². The molecular weight excluding hydrogens is 132 g/mol. The zero-order valence-corrected chi connectivity index (χ0v) is 5.95. The average Bonchev–Trinajstić information content (AvgIpc) is 2.10. The van der Waals surface area contributed by atoms with Gasteiger partial charge >= 0.3 is 6.09 Å². The monoisotopic (exact) mass is 144 g/mol. The van der Waals surface area contributed by atoms with E-state index in [2.05, 4.69) is 0 Å². The van der Waals surface area contributed by atoms with Crippen molar-refractivity contribution in [1.29, 1.82) is 0 Å². The van der Waals surface area contributed by atoms with Gasteiger partial charge in [0.1, 0.15) is 0 Å². The van der Waals surface area contributed by atoms with Crippen molar-refractivity contribution >= 4 is 6.09 Å². The van der Waals surface area contributed by atoms with Crippen LogP contribution in [-0.2, 0) is 0 Å². The van der Waals surface area contributed by atoms with Crippen molar-refractivity contribution in [3.05, 3.63) is 0 Å². The van der Waals surface area contributed by atoms with Crippen molar-refractivity contribution in [2.24, 2.45) is 11.7 Å². The Morgan fingerprint density at radius 1 is 1.80 bits per heavy atom. The van der Waals surface area contributed by atoms with E-state index in [1.807, 2.05) is 6.92 Å². The number of nitrogens with two attached hydrogens (primary N) is 1. The van der Waals surface area contributed by atoms with Gasteiger partial charge in [0.05, 0.1) is 6.17 Å². The van der Waals surface area contributed by atoms with Gasteiger partial charge in [-0.05, 0) is 12.3 Å². The molecule has 1 rings (SSSR count). The lowest BCUT2D eigenvalue weighted by Crippen LogP contribution is -2.40. The van der Waals surface area contributed by atoms with E-state index in [1.165, 1.54) is 4.90 Å². The normalized spacial score (nSPS) is 32.8. The van der Waals surface area contributed by atoms with Crippen molar-refractivity contribution in [1.82, 2.24) is 4.90 Å². The molecule has 1 fully saturated rings. The zero-order chi connectivity index (χ0) is 7.72. The molecule has 0 aromatic heterocycles. The van der Waals surface area contributed by atoms with Crippen LogP contribution in [0.3, 0.4) is 0 Å². The first-order valence-electron chi connectivity index (χ1n) is 3.36. The summed E-state index contributed by atoms with van der Waals surface area (Å²) < 4.78 is 0. The first-order chi connectivity index (χ1) is 4.61. The van der Waals surface area contributed by atoms with E-state index < -0.39 is 6.09 Å². The van der Waals surface area contributed by atoms with Gasteiger partial charge in [-0.3, -0.25) is 4.90 Å². The second kappa shape index (κ2) is 2.46. The van der Waals surface area contributed by atoms with Crippen LogP contribution in [0.25, 0.3) is 0 Å². The number of hydrogen-bond acceptors (Lipinski definition) is 2. The first-order valence-corrected chi connectivity index (χ1v) is 3.36. The standard InChI is InChI=1S/C6H12N2O2/c1-4-2-5(7)8(3-4)6(9)10/h4-5H,2-3,7H2,1H3,(H,9,10). The lowest BCUT2D eigenvalue weighted by molar-refractivity contribution is 0.140. The van der Waals surface area contributed by atoms with E-state index in [0.717, 1.165) is 6.42 Å². The molecule has 0 aromatic carbocycles. The van der Waals surface area contributed by atoms with Crippen molar-refractivity contribution in [3.63, 3.8) is 0 Å².